The van der Waals surface area contributed by atoms with E-state index in [1.807, 2.05) is 132 Å². The van der Waals surface area contributed by atoms with Crippen molar-refractivity contribution in [1.82, 2.24) is 87.3 Å². The van der Waals surface area contributed by atoms with E-state index in [2.05, 4.69) is 82.3 Å². The quantitative estimate of drug-likeness (QED) is 0.0600. The molecule has 1 saturated carbocycles. The van der Waals surface area contributed by atoms with Crippen molar-refractivity contribution in [3.05, 3.63) is 324 Å². The van der Waals surface area contributed by atoms with E-state index in [9.17, 15) is 52.1 Å². The molecule has 30 heteroatoms. The number of likely N-dealkylation sites (tertiary alicyclic amines) is 6. The number of fused-ring (bicyclic) bond motifs is 1. The summed E-state index contributed by atoms with van der Waals surface area (Å²) in [6.07, 6.45) is 24.2. The Morgan fingerprint density at radius 3 is 1.06 bits per heavy atom. The zero-order valence-corrected chi connectivity index (χ0v) is 81.4. The molecule has 8 aromatic carbocycles. The molecule has 4 amide bonds. The molecule has 5 aromatic heterocycles. The molecule has 25 nitrogen and oxygen atoms in total. The van der Waals surface area contributed by atoms with Gasteiger partial charge in [0.25, 0.3) is 23.6 Å². The van der Waals surface area contributed by atoms with Gasteiger partial charge in [-0.1, -0.05) is 146 Å². The molecule has 12 heterocycles. The predicted octanol–water partition coefficient (Wildman–Crippen LogP) is 18.2. The molecule has 7 atom stereocenters. The Kier molecular flexibility index (Phi) is 31.2. The van der Waals surface area contributed by atoms with Crippen molar-refractivity contribution in [3.8, 4) is 44.5 Å². The number of halogens is 5. The van der Waals surface area contributed by atoms with Crippen LogP contribution in [0.2, 0.25) is 0 Å². The van der Waals surface area contributed by atoms with E-state index in [1.165, 1.54) is 61.4 Å². The van der Waals surface area contributed by atoms with Crippen LogP contribution in [0.1, 0.15) is 230 Å². The van der Waals surface area contributed by atoms with Crippen LogP contribution in [0.4, 0.5) is 22.0 Å². The average Bonchev–Trinajstić information content (AvgIpc) is 1.62. The molecular formula is C112H127F5N18O7. The van der Waals surface area contributed by atoms with Crippen LogP contribution in [0.15, 0.2) is 244 Å². The minimum atomic E-state index is -1.13. The normalized spacial score (nSPS) is 19.9. The molecule has 13 aromatic rings. The predicted molar refractivity (Wildman–Crippen MR) is 535 cm³/mol. The highest BCUT2D eigenvalue weighted by Crippen LogP contribution is 2.42. The number of benzene rings is 8. The molecule has 6 saturated heterocycles. The maximum Gasteiger partial charge on any atom is 0.272 e. The fourth-order valence-electron chi connectivity index (χ4n) is 21.8. The maximum absolute atomic E-state index is 15.2. The molecule has 21 rings (SSSR count). The first-order chi connectivity index (χ1) is 68.8. The minimum absolute atomic E-state index is 0.0149. The van der Waals surface area contributed by atoms with E-state index >= 15 is 4.39 Å². The first-order valence-corrected chi connectivity index (χ1v) is 50.4. The number of aromatic nitrogens is 11. The maximum atomic E-state index is 15.2. The molecule has 7 fully saturated rings. The Bertz CT molecular complexity index is 6440. The fourth-order valence-corrected chi connectivity index (χ4v) is 21.8. The van der Waals surface area contributed by atoms with E-state index in [-0.39, 0.29) is 95.9 Å². The van der Waals surface area contributed by atoms with Crippen LogP contribution in [0.3, 0.4) is 0 Å². The number of alkyl halides is 1. The fraction of sp³-hybridized carbons (Fsp3) is 0.411. The summed E-state index contributed by atoms with van der Waals surface area (Å²) in [4.78, 5) is 85.9. The number of carbonyl (C=O) groups excluding carboxylic acids is 4. The van der Waals surface area contributed by atoms with Crippen LogP contribution < -0.4 is 0 Å². The number of nitrogens with zero attached hydrogens (tertiary/aromatic N) is 18. The molecule has 742 valence electrons. The van der Waals surface area contributed by atoms with Crippen molar-refractivity contribution in [2.75, 3.05) is 85.1 Å². The largest absolute Gasteiger partial charge is 0.393 e. The Labute approximate surface area is 826 Å². The SMILES string of the molecule is C[C@@H](c1ccccc1-c1ccc(F)cc1)n1cncc1C(=O)N1CCC(N2CCC(O)CC2)CC1.C[C@@H](c1ccccc1-c1ccc(F)cc1)n1cncc1C(=O)N1CCCC(N2CCC(C)(O)CC2)CC1.C[C@@H](c1ccccc1-c1ccc(F)cc1)n1cncc1C(=O)N1CC[C@@H](N2CCC(O)CC2)[C@@H](F)C1.C[C@@H](c1ccccc1-c1ccc(F)cc1)n1cncc1C(=O)N1CCn2c(nnc2C2CC2)C1. The lowest BCUT2D eigenvalue weighted by molar-refractivity contribution is -0.0180. The van der Waals surface area contributed by atoms with Crippen LogP contribution >= 0.6 is 0 Å². The zero-order chi connectivity index (χ0) is 98.8. The van der Waals surface area contributed by atoms with Crippen molar-refractivity contribution >= 4 is 23.6 Å². The lowest BCUT2D eigenvalue weighted by atomic mass is 9.92. The Hall–Kier alpha value is -13.0. The molecule has 0 bridgehead atoms. The number of piperidine rings is 5. The average molecular weight is 1930 g/mol. The molecule has 0 spiro atoms. The van der Waals surface area contributed by atoms with Crippen LogP contribution in [0.25, 0.3) is 44.5 Å². The third kappa shape index (κ3) is 22.7. The second-order valence-corrected chi connectivity index (χ2v) is 39.5. The number of aliphatic hydroxyl groups is 3. The number of imidazole rings is 4. The van der Waals surface area contributed by atoms with Crippen LogP contribution in [-0.2, 0) is 13.1 Å². The second kappa shape index (κ2) is 44.7. The third-order valence-corrected chi connectivity index (χ3v) is 30.4. The minimum Gasteiger partial charge on any atom is -0.393 e. The van der Waals surface area contributed by atoms with Gasteiger partial charge in [-0.05, 0) is 240 Å². The smallest absolute Gasteiger partial charge is 0.272 e. The van der Waals surface area contributed by atoms with E-state index in [1.54, 1.807) is 104 Å². The van der Waals surface area contributed by atoms with Crippen molar-refractivity contribution < 1.29 is 56.4 Å². The first kappa shape index (κ1) is 99.2. The molecule has 1 aliphatic carbocycles. The van der Waals surface area contributed by atoms with Crippen molar-refractivity contribution in [2.24, 2.45) is 0 Å². The number of hydrogen-bond acceptors (Lipinski definition) is 16. The van der Waals surface area contributed by atoms with Crippen molar-refractivity contribution in [3.63, 3.8) is 0 Å². The van der Waals surface area contributed by atoms with Crippen LogP contribution in [-0.4, -0.2) is 253 Å². The summed E-state index contributed by atoms with van der Waals surface area (Å²) in [6, 6.07) is 58.0. The highest BCUT2D eigenvalue weighted by molar-refractivity contribution is 5.95. The summed E-state index contributed by atoms with van der Waals surface area (Å²) in [6.45, 7) is 20.5. The molecule has 8 aliphatic rings. The summed E-state index contributed by atoms with van der Waals surface area (Å²) in [5.41, 5.74) is 13.4. The van der Waals surface area contributed by atoms with E-state index < -0.39 is 11.8 Å². The summed E-state index contributed by atoms with van der Waals surface area (Å²) in [7, 11) is 0. The number of rotatable bonds is 20. The molecule has 1 unspecified atom stereocenters. The lowest BCUT2D eigenvalue weighted by Gasteiger charge is -2.42. The van der Waals surface area contributed by atoms with Gasteiger partial charge in [0.15, 0.2) is 5.82 Å². The van der Waals surface area contributed by atoms with E-state index in [0.29, 0.717) is 92.8 Å². The number of aliphatic hydroxyl groups excluding tert-OH is 2. The van der Waals surface area contributed by atoms with Gasteiger partial charge in [-0.2, -0.15) is 0 Å². The molecule has 3 N–H and O–H groups in total. The van der Waals surface area contributed by atoms with Gasteiger partial charge in [0.2, 0.25) is 0 Å². The van der Waals surface area contributed by atoms with Crippen molar-refractivity contribution in [2.45, 2.75) is 210 Å². The van der Waals surface area contributed by atoms with Crippen molar-refractivity contribution in [1.29, 1.82) is 0 Å². The Morgan fingerprint density at radius 1 is 0.359 bits per heavy atom. The molecule has 142 heavy (non-hydrogen) atoms. The lowest BCUT2D eigenvalue weighted by Crippen LogP contribution is -2.55. The Balaban J connectivity index is 0.000000125. The monoisotopic (exact) mass is 1930 g/mol. The third-order valence-electron chi connectivity index (χ3n) is 30.4. The van der Waals surface area contributed by atoms with Gasteiger partial charge in [0.05, 0.1) is 105 Å². The Morgan fingerprint density at radius 2 is 0.690 bits per heavy atom. The van der Waals surface area contributed by atoms with Gasteiger partial charge in [-0.25, -0.2) is 41.9 Å². The van der Waals surface area contributed by atoms with Gasteiger partial charge in [0.1, 0.15) is 58.0 Å². The summed E-state index contributed by atoms with van der Waals surface area (Å²) >= 11 is 0. The number of hydrogen-bond donors (Lipinski definition) is 3. The van der Waals surface area contributed by atoms with Gasteiger partial charge in [0, 0.05) is 109 Å². The number of amides is 4. The molecule has 7 aliphatic heterocycles. The summed E-state index contributed by atoms with van der Waals surface area (Å²) in [5, 5.41) is 38.6. The first-order valence-electron chi connectivity index (χ1n) is 50.4. The van der Waals surface area contributed by atoms with Gasteiger partial charge in [-0.15, -0.1) is 10.2 Å². The highest BCUT2D eigenvalue weighted by atomic mass is 19.1. The topological polar surface area (TPSA) is 254 Å². The standard InChI is InChI=1S/C30H37FN4O2.C28H32F2N4O2.C28H33FN4O2.C26H25FN6O/c1-22(26-7-3-4-8-27(26)23-9-11-24(31)12-10-23)35-21-32-20-28(35)29(36)34-16-5-6-25(13-17-34)33-18-14-30(2,37)15-19-33;1-19(23-4-2-3-5-24(23)20-6-8-21(29)9-7-20)34-18-31-16-27(34)28(36)33-15-12-26(25(30)17-33)32-13-10-22(35)11-14-32;1-20(25-4-2-3-5-26(25)21-6-8-22(29)9-7-21)33-19-30-18-27(33)28(35)32-14-10-23(11-15-32)31-16-12-24(34)13-17-31;1-17(21-4-2-3-5-22(21)18-8-10-20(27)11-9-18)33-16-28-14-23(33)26(34)31-12-13-32-24(15-31)29-30-25(32)19-6-7-19/h3-4,7-12,20-22,25,37H,5-6,13-19H2,1-2H3;2-9,16,18-19,22,25-26,35H,10-15,17H2,1H3;2-9,18-20,23-24,34H,10-17H2,1H3;2-5,8-11,14,16-17,19H,6-7,12-13,15H2,1H3/t22-,25?;19-,25-,26+;20-;17-/m0000/s1. The second-order valence-electron chi connectivity index (χ2n) is 39.5. The summed E-state index contributed by atoms with van der Waals surface area (Å²) < 4.78 is 79.0. The summed E-state index contributed by atoms with van der Waals surface area (Å²) in [5.74, 6) is 1.11. The molecular weight excluding hydrogens is 1800 g/mol. The van der Waals surface area contributed by atoms with E-state index in [0.717, 1.165) is 195 Å². The van der Waals surface area contributed by atoms with Gasteiger partial charge in [-0.3, -0.25) is 24.1 Å². The van der Waals surface area contributed by atoms with Gasteiger partial charge >= 0.3 is 0 Å². The molecule has 0 radical (unpaired) electrons. The zero-order valence-electron chi connectivity index (χ0n) is 81.4. The van der Waals surface area contributed by atoms with Gasteiger partial charge < -0.3 is 67.6 Å². The highest BCUT2D eigenvalue weighted by Gasteiger charge is 2.41. The number of carbonyl (C=O) groups is 4. The van der Waals surface area contributed by atoms with E-state index in [4.69, 9.17) is 0 Å². The van der Waals surface area contributed by atoms with Crippen LogP contribution in [0, 0.1) is 23.3 Å². The van der Waals surface area contributed by atoms with Crippen LogP contribution in [0.5, 0.6) is 0 Å².